The molecule has 0 aliphatic carbocycles. The number of aryl methyl sites for hydroxylation is 1. The number of carbonyl (C=O) groups is 1. The van der Waals surface area contributed by atoms with Crippen molar-refractivity contribution < 1.29 is 68.3 Å². The smallest absolute Gasteiger partial charge is 0.233 e. The lowest BCUT2D eigenvalue weighted by molar-refractivity contribution is -0.352. The number of carbonyl (C=O) groups excluding carboxylic acids is 1. The number of rotatable bonds is 12. The second-order valence-corrected chi connectivity index (χ2v) is 12.9. The van der Waals surface area contributed by atoms with Crippen LogP contribution in [0.4, 0.5) is 14.5 Å². The van der Waals surface area contributed by atoms with E-state index in [4.69, 9.17) is 18.9 Å². The third kappa shape index (κ3) is 7.78. The van der Waals surface area contributed by atoms with Crippen LogP contribution >= 0.6 is 0 Å². The first-order chi connectivity index (χ1) is 24.5. The maximum absolute atomic E-state index is 13.7. The van der Waals surface area contributed by atoms with Gasteiger partial charge in [0.15, 0.2) is 6.29 Å². The topological polar surface area (TPSA) is 199 Å². The fraction of sp³-hybridized carbons (Fsp3) is 0.472. The van der Waals surface area contributed by atoms with Crippen LogP contribution in [0.2, 0.25) is 0 Å². The van der Waals surface area contributed by atoms with E-state index >= 15 is 0 Å². The number of β-lactam (4-membered cyclic amide) rings is 1. The molecule has 3 aliphatic heterocycles. The van der Waals surface area contributed by atoms with Gasteiger partial charge in [0.25, 0.3) is 0 Å². The molecule has 3 heterocycles. The Bertz CT molecular complexity index is 1600. The van der Waals surface area contributed by atoms with E-state index in [0.717, 1.165) is 11.1 Å². The Morgan fingerprint density at radius 2 is 1.27 bits per heavy atom. The van der Waals surface area contributed by atoms with Crippen molar-refractivity contribution in [3.05, 3.63) is 95.6 Å². The minimum atomic E-state index is -1.79. The number of ether oxygens (including phenoxy) is 4. The quantitative estimate of drug-likeness (QED) is 0.130. The molecule has 0 unspecified atom stereocenters. The van der Waals surface area contributed by atoms with Crippen molar-refractivity contribution in [2.75, 3.05) is 18.1 Å². The number of hydrogen-bond donors (Lipinski definition) is 7. The average Bonchev–Trinajstić information content (AvgIpc) is 3.13. The zero-order valence-corrected chi connectivity index (χ0v) is 27.3. The first-order valence-electron chi connectivity index (χ1n) is 16.7. The van der Waals surface area contributed by atoms with Gasteiger partial charge < -0.3 is 59.6 Å². The van der Waals surface area contributed by atoms with Crippen molar-refractivity contribution in [3.8, 4) is 5.75 Å². The zero-order chi connectivity index (χ0) is 36.4. The van der Waals surface area contributed by atoms with Crippen LogP contribution in [0, 0.1) is 17.6 Å². The normalized spacial score (nSPS) is 33.9. The first kappa shape index (κ1) is 37.2. The molecule has 6 rings (SSSR count). The van der Waals surface area contributed by atoms with Crippen LogP contribution in [-0.2, 0) is 25.4 Å². The van der Waals surface area contributed by atoms with Gasteiger partial charge in [0.05, 0.1) is 25.2 Å². The molecule has 276 valence electrons. The van der Waals surface area contributed by atoms with Gasteiger partial charge in [-0.3, -0.25) is 4.79 Å². The average molecular weight is 718 g/mol. The van der Waals surface area contributed by atoms with Crippen molar-refractivity contribution in [1.29, 1.82) is 0 Å². The molecule has 0 spiro atoms. The molecule has 3 fully saturated rings. The minimum absolute atomic E-state index is 0.116. The van der Waals surface area contributed by atoms with Gasteiger partial charge >= 0.3 is 0 Å². The van der Waals surface area contributed by atoms with Gasteiger partial charge in [-0.25, -0.2) is 8.78 Å². The summed E-state index contributed by atoms with van der Waals surface area (Å²) in [7, 11) is 0. The van der Waals surface area contributed by atoms with Gasteiger partial charge in [-0.05, 0) is 78.9 Å². The van der Waals surface area contributed by atoms with Crippen LogP contribution in [0.25, 0.3) is 0 Å². The Labute approximate surface area is 291 Å². The van der Waals surface area contributed by atoms with Crippen molar-refractivity contribution in [3.63, 3.8) is 0 Å². The number of amides is 1. The minimum Gasteiger partial charge on any atom is -0.462 e. The maximum Gasteiger partial charge on any atom is 0.233 e. The molecule has 0 radical (unpaired) electrons. The monoisotopic (exact) mass is 717 g/mol. The molecule has 15 heteroatoms. The molecule has 3 aromatic rings. The summed E-state index contributed by atoms with van der Waals surface area (Å²) in [6, 6.07) is 18.1. The summed E-state index contributed by atoms with van der Waals surface area (Å²) in [5.74, 6) is -1.05. The fourth-order valence-corrected chi connectivity index (χ4v) is 6.81. The molecule has 0 bridgehead atoms. The van der Waals surface area contributed by atoms with E-state index in [-0.39, 0.29) is 29.4 Å². The second-order valence-electron chi connectivity index (χ2n) is 12.9. The summed E-state index contributed by atoms with van der Waals surface area (Å²) in [6.45, 7) is -1.43. The van der Waals surface area contributed by atoms with Gasteiger partial charge in [-0.15, -0.1) is 0 Å². The zero-order valence-electron chi connectivity index (χ0n) is 27.3. The van der Waals surface area contributed by atoms with E-state index in [2.05, 4.69) is 0 Å². The molecular formula is C36H41F2NO12. The largest absolute Gasteiger partial charge is 0.462 e. The lowest BCUT2D eigenvalue weighted by Gasteiger charge is -2.48. The molecule has 1 amide bonds. The van der Waals surface area contributed by atoms with Crippen LogP contribution in [0.15, 0.2) is 72.8 Å². The van der Waals surface area contributed by atoms with Crippen LogP contribution in [0.3, 0.4) is 0 Å². The van der Waals surface area contributed by atoms with E-state index in [0.29, 0.717) is 24.9 Å². The van der Waals surface area contributed by atoms with Crippen molar-refractivity contribution in [2.24, 2.45) is 5.92 Å². The molecule has 13 nitrogen and oxygen atoms in total. The highest BCUT2D eigenvalue weighted by Crippen LogP contribution is 2.46. The maximum atomic E-state index is 13.7. The van der Waals surface area contributed by atoms with Gasteiger partial charge in [-0.2, -0.15) is 0 Å². The van der Waals surface area contributed by atoms with E-state index < -0.39 is 80.4 Å². The fourth-order valence-electron chi connectivity index (χ4n) is 6.81. The molecule has 3 aliphatic rings. The summed E-state index contributed by atoms with van der Waals surface area (Å²) in [6.07, 6.45) is -14.0. The molecule has 7 N–H and O–H groups in total. The Balaban J connectivity index is 1.13. The molecule has 0 aromatic heterocycles. The Hall–Kier alpha value is -3.61. The molecule has 3 saturated heterocycles. The van der Waals surface area contributed by atoms with Gasteiger partial charge in [0, 0.05) is 5.69 Å². The standard InChI is InChI=1S/C36H41F2NO12/c37-20-8-4-18(5-9-20)2-1-3-24-27(39(34(24)47)22-12-10-21(38)11-13-22)19-6-14-23(15-7-19)48-35-32(46)30(44)33(26(17-41)50-35)51-36-31(45)29(43)28(42)25(16-40)49-36/h4-15,24-33,35-36,40-46H,1-3,16-17H2/t24-,25-,26-,27-,28-,29-,30+,31-,32-,33-,35-,36+/m1/s1. The van der Waals surface area contributed by atoms with Gasteiger partial charge in [-0.1, -0.05) is 24.3 Å². The number of halogens is 2. The van der Waals surface area contributed by atoms with Crippen molar-refractivity contribution >= 4 is 11.6 Å². The lowest BCUT2D eigenvalue weighted by Crippen LogP contribution is -2.65. The van der Waals surface area contributed by atoms with Crippen molar-refractivity contribution in [2.45, 2.75) is 86.7 Å². The van der Waals surface area contributed by atoms with Crippen LogP contribution in [0.1, 0.15) is 30.0 Å². The van der Waals surface area contributed by atoms with E-state index in [1.54, 1.807) is 41.3 Å². The number of aliphatic hydroxyl groups excluding tert-OH is 7. The van der Waals surface area contributed by atoms with E-state index in [1.165, 1.54) is 36.4 Å². The molecular weight excluding hydrogens is 676 g/mol. The summed E-state index contributed by atoms with van der Waals surface area (Å²) in [5, 5.41) is 71.8. The molecule has 3 aromatic carbocycles. The summed E-state index contributed by atoms with van der Waals surface area (Å²) >= 11 is 0. The van der Waals surface area contributed by atoms with E-state index in [9.17, 15) is 49.3 Å². The van der Waals surface area contributed by atoms with Crippen LogP contribution in [0.5, 0.6) is 5.75 Å². The number of anilines is 1. The van der Waals surface area contributed by atoms with E-state index in [1.807, 2.05) is 0 Å². The Kier molecular flexibility index (Phi) is 11.6. The number of benzene rings is 3. The Morgan fingerprint density at radius 3 is 1.90 bits per heavy atom. The predicted octanol–water partition coefficient (Wildman–Crippen LogP) is 0.695. The highest BCUT2D eigenvalue weighted by Gasteiger charge is 2.51. The second kappa shape index (κ2) is 16.0. The molecule has 0 saturated carbocycles. The lowest BCUT2D eigenvalue weighted by atomic mass is 9.78. The third-order valence-corrected chi connectivity index (χ3v) is 9.65. The van der Waals surface area contributed by atoms with Crippen LogP contribution < -0.4 is 9.64 Å². The summed E-state index contributed by atoms with van der Waals surface area (Å²) < 4.78 is 49.5. The highest BCUT2D eigenvalue weighted by molar-refractivity contribution is 6.03. The highest BCUT2D eigenvalue weighted by atomic mass is 19.1. The first-order valence-corrected chi connectivity index (χ1v) is 16.7. The Morgan fingerprint density at radius 1 is 0.686 bits per heavy atom. The SMILES string of the molecule is O=C1[C@H](CCCc2ccc(F)cc2)[C@@H](c2ccc(O[C@@H]3O[C@H](CO)[C@@H](O[C@@H]4O[C@H](CO)[C@@H](O)[C@@H](O)[C@H]4O)[C@@H](O)[C@H]3O)cc2)N1c1ccc(F)cc1. The number of aliphatic hydroxyl groups is 7. The number of nitrogens with zero attached hydrogens (tertiary/aromatic N) is 1. The molecule has 12 atom stereocenters. The predicted molar refractivity (Wildman–Crippen MR) is 173 cm³/mol. The van der Waals surface area contributed by atoms with Crippen molar-refractivity contribution in [1.82, 2.24) is 0 Å². The van der Waals surface area contributed by atoms with Crippen LogP contribution in [-0.4, -0.2) is 116 Å². The van der Waals surface area contributed by atoms with Gasteiger partial charge in [0.2, 0.25) is 12.2 Å². The number of hydrogen-bond acceptors (Lipinski definition) is 12. The third-order valence-electron chi connectivity index (χ3n) is 9.65. The molecule has 51 heavy (non-hydrogen) atoms. The summed E-state index contributed by atoms with van der Waals surface area (Å²) in [5.41, 5.74) is 2.23. The summed E-state index contributed by atoms with van der Waals surface area (Å²) in [4.78, 5) is 15.0. The van der Waals surface area contributed by atoms with Gasteiger partial charge in [0.1, 0.15) is 66.2 Å².